The largest absolute Gasteiger partial charge is 0.335 e. The minimum Gasteiger partial charge on any atom is -0.335 e. The van der Waals surface area contributed by atoms with E-state index < -0.39 is 0 Å². The van der Waals surface area contributed by atoms with Crippen LogP contribution in [0.2, 0.25) is 0 Å². The van der Waals surface area contributed by atoms with Crippen LogP contribution in [0.3, 0.4) is 0 Å². The van der Waals surface area contributed by atoms with Gasteiger partial charge in [0.05, 0.1) is 6.42 Å². The van der Waals surface area contributed by atoms with Gasteiger partial charge in [-0.25, -0.2) is 9.78 Å². The molecule has 1 atom stereocenters. The molecule has 0 spiro atoms. The number of amides is 3. The predicted octanol–water partition coefficient (Wildman–Crippen LogP) is 3.16. The van der Waals surface area contributed by atoms with E-state index in [4.69, 9.17) is 0 Å². The molecule has 2 aliphatic heterocycles. The molecule has 7 nitrogen and oxygen atoms in total. The third-order valence-corrected chi connectivity index (χ3v) is 5.50. The van der Waals surface area contributed by atoms with Crippen molar-refractivity contribution < 1.29 is 9.59 Å². The van der Waals surface area contributed by atoms with Gasteiger partial charge >= 0.3 is 6.03 Å². The smallest absolute Gasteiger partial charge is 0.322 e. The number of aryl methyl sites for hydroxylation is 2. The van der Waals surface area contributed by atoms with Gasteiger partial charge in [-0.15, -0.1) is 0 Å². The summed E-state index contributed by atoms with van der Waals surface area (Å²) in [6, 6.07) is 5.76. The molecule has 4 rings (SSSR count). The Morgan fingerprint density at radius 2 is 2.26 bits per heavy atom. The zero-order valence-electron chi connectivity index (χ0n) is 15.6. The van der Waals surface area contributed by atoms with Crippen molar-refractivity contribution in [1.82, 2.24) is 14.5 Å². The lowest BCUT2D eigenvalue weighted by Gasteiger charge is -2.36. The van der Waals surface area contributed by atoms with E-state index in [1.807, 2.05) is 42.4 Å². The number of rotatable bonds is 4. The van der Waals surface area contributed by atoms with Gasteiger partial charge in [-0.3, -0.25) is 4.79 Å². The fraction of sp³-hybridized carbons (Fsp3) is 0.450. The van der Waals surface area contributed by atoms with Crippen LogP contribution in [0, 0.1) is 6.92 Å². The highest BCUT2D eigenvalue weighted by molar-refractivity contribution is 6.00. The molecule has 1 aromatic carbocycles. The summed E-state index contributed by atoms with van der Waals surface area (Å²) in [5.41, 5.74) is 2.51. The van der Waals surface area contributed by atoms with Crippen LogP contribution in [0.5, 0.6) is 0 Å². The third-order valence-electron chi connectivity index (χ3n) is 5.50. The molecule has 2 N–H and O–H groups in total. The summed E-state index contributed by atoms with van der Waals surface area (Å²) in [4.78, 5) is 30.6. The summed E-state index contributed by atoms with van der Waals surface area (Å²) in [6.07, 6.45) is 8.32. The van der Waals surface area contributed by atoms with Crippen molar-refractivity contribution in [2.24, 2.45) is 0 Å². The molecule has 0 bridgehead atoms. The van der Waals surface area contributed by atoms with Gasteiger partial charge in [-0.05, 0) is 56.4 Å². The number of aromatic nitrogens is 2. The van der Waals surface area contributed by atoms with E-state index in [1.54, 1.807) is 0 Å². The number of piperidine rings is 1. The van der Waals surface area contributed by atoms with Crippen molar-refractivity contribution in [3.05, 3.63) is 42.0 Å². The molecule has 1 fully saturated rings. The summed E-state index contributed by atoms with van der Waals surface area (Å²) in [5, 5.41) is 5.83. The van der Waals surface area contributed by atoms with Crippen LogP contribution in [-0.2, 0) is 17.8 Å². The molecule has 2 aromatic rings. The zero-order valence-corrected chi connectivity index (χ0v) is 15.6. The molecule has 7 heteroatoms. The Balaban J connectivity index is 1.41. The quantitative estimate of drug-likeness (QED) is 0.871. The lowest BCUT2D eigenvalue weighted by atomic mass is 9.99. The topological polar surface area (TPSA) is 79.3 Å². The van der Waals surface area contributed by atoms with E-state index in [9.17, 15) is 9.59 Å². The summed E-state index contributed by atoms with van der Waals surface area (Å²) in [7, 11) is 0. The maximum Gasteiger partial charge on any atom is 0.322 e. The van der Waals surface area contributed by atoms with Gasteiger partial charge in [0.15, 0.2) is 0 Å². The van der Waals surface area contributed by atoms with Crippen LogP contribution in [-0.4, -0.2) is 39.0 Å². The van der Waals surface area contributed by atoms with Gasteiger partial charge in [0, 0.05) is 42.9 Å². The molecule has 0 aliphatic carbocycles. The van der Waals surface area contributed by atoms with E-state index >= 15 is 0 Å². The fourth-order valence-electron chi connectivity index (χ4n) is 4.00. The molecule has 0 saturated carbocycles. The Morgan fingerprint density at radius 1 is 1.37 bits per heavy atom. The number of carbonyl (C=O) groups excluding carboxylic acids is 2. The third kappa shape index (κ3) is 3.82. The van der Waals surface area contributed by atoms with Gasteiger partial charge in [0.1, 0.15) is 5.82 Å². The van der Waals surface area contributed by atoms with Crippen molar-refractivity contribution in [1.29, 1.82) is 0 Å². The van der Waals surface area contributed by atoms with E-state index in [0.717, 1.165) is 61.5 Å². The van der Waals surface area contributed by atoms with Crippen LogP contribution in [0.4, 0.5) is 16.2 Å². The first kappa shape index (κ1) is 17.6. The SMILES string of the molecule is Cc1nccn1CC[C@@H]1CCCCN1C(=O)Nc1ccc2c(c1)CC(=O)N2. The van der Waals surface area contributed by atoms with Crippen LogP contribution in [0.1, 0.15) is 37.1 Å². The molecule has 27 heavy (non-hydrogen) atoms. The normalized spacial score (nSPS) is 18.9. The first-order chi connectivity index (χ1) is 13.1. The first-order valence-electron chi connectivity index (χ1n) is 9.58. The highest BCUT2D eigenvalue weighted by atomic mass is 16.2. The van der Waals surface area contributed by atoms with Crippen LogP contribution >= 0.6 is 0 Å². The Kier molecular flexibility index (Phi) is 4.83. The standard InChI is InChI=1S/C20H25N5O2/c1-14-21-8-11-24(14)10-7-17-4-2-3-9-25(17)20(27)22-16-5-6-18-15(12-16)13-19(26)23-18/h5-6,8,11-12,17H,2-4,7,9-10,13H2,1H3,(H,22,27)(H,23,26)/t17-/m0/s1. The Hall–Kier alpha value is -2.83. The van der Waals surface area contributed by atoms with Crippen LogP contribution < -0.4 is 10.6 Å². The maximum atomic E-state index is 12.9. The monoisotopic (exact) mass is 367 g/mol. The number of hydrogen-bond acceptors (Lipinski definition) is 3. The van der Waals surface area contributed by atoms with Crippen molar-refractivity contribution in [3.63, 3.8) is 0 Å². The number of carbonyl (C=O) groups is 2. The number of benzene rings is 1. The minimum absolute atomic E-state index is 0.000587. The Morgan fingerprint density at radius 3 is 3.07 bits per heavy atom. The van der Waals surface area contributed by atoms with E-state index in [1.165, 1.54) is 0 Å². The number of nitrogens with zero attached hydrogens (tertiary/aromatic N) is 3. The number of fused-ring (bicyclic) bond motifs is 1. The zero-order chi connectivity index (χ0) is 18.8. The van der Waals surface area contributed by atoms with E-state index in [2.05, 4.69) is 20.2 Å². The molecule has 3 amide bonds. The van der Waals surface area contributed by atoms with Crippen molar-refractivity contribution >= 4 is 23.3 Å². The lowest BCUT2D eigenvalue weighted by Crippen LogP contribution is -2.46. The van der Waals surface area contributed by atoms with Crippen LogP contribution in [0.15, 0.2) is 30.6 Å². The molecule has 1 aromatic heterocycles. The first-order valence-corrected chi connectivity index (χ1v) is 9.58. The number of urea groups is 1. The minimum atomic E-state index is -0.0562. The Labute approximate surface area is 158 Å². The molecule has 142 valence electrons. The molecular formula is C20H25N5O2. The molecule has 2 aliphatic rings. The average molecular weight is 367 g/mol. The second kappa shape index (κ2) is 7.42. The van der Waals surface area contributed by atoms with Gasteiger partial charge in [0.2, 0.25) is 5.91 Å². The molecule has 1 saturated heterocycles. The molecule has 0 radical (unpaired) electrons. The summed E-state index contributed by atoms with van der Waals surface area (Å²) < 4.78 is 2.13. The summed E-state index contributed by atoms with van der Waals surface area (Å²) >= 11 is 0. The maximum absolute atomic E-state index is 12.9. The van der Waals surface area contributed by atoms with Crippen LogP contribution in [0.25, 0.3) is 0 Å². The molecule has 0 unspecified atom stereocenters. The lowest BCUT2D eigenvalue weighted by molar-refractivity contribution is -0.115. The number of nitrogens with one attached hydrogen (secondary N) is 2. The second-order valence-corrected chi connectivity index (χ2v) is 7.33. The average Bonchev–Trinajstić information content (AvgIpc) is 3.24. The number of hydrogen-bond donors (Lipinski definition) is 2. The van der Waals surface area contributed by atoms with Gasteiger partial charge in [0.25, 0.3) is 0 Å². The van der Waals surface area contributed by atoms with Gasteiger partial charge in [-0.2, -0.15) is 0 Å². The van der Waals surface area contributed by atoms with E-state index in [0.29, 0.717) is 6.42 Å². The highest BCUT2D eigenvalue weighted by Gasteiger charge is 2.27. The summed E-state index contributed by atoms with van der Waals surface area (Å²) in [6.45, 7) is 3.65. The predicted molar refractivity (Wildman–Crippen MR) is 104 cm³/mol. The van der Waals surface area contributed by atoms with Gasteiger partial charge < -0.3 is 20.1 Å². The fourth-order valence-corrected chi connectivity index (χ4v) is 4.00. The van der Waals surface area contributed by atoms with Crippen molar-refractivity contribution in [2.75, 3.05) is 17.2 Å². The van der Waals surface area contributed by atoms with Crippen molar-refractivity contribution in [2.45, 2.75) is 51.6 Å². The molecule has 3 heterocycles. The molecular weight excluding hydrogens is 342 g/mol. The summed E-state index contributed by atoms with van der Waals surface area (Å²) in [5.74, 6) is 1.00. The van der Waals surface area contributed by atoms with Gasteiger partial charge in [-0.1, -0.05) is 0 Å². The second-order valence-electron chi connectivity index (χ2n) is 7.33. The van der Waals surface area contributed by atoms with Crippen molar-refractivity contribution in [3.8, 4) is 0 Å². The number of anilines is 2. The number of imidazole rings is 1. The Bertz CT molecular complexity index is 860. The number of likely N-dealkylation sites (tertiary alicyclic amines) is 1. The highest BCUT2D eigenvalue weighted by Crippen LogP contribution is 2.27. The van der Waals surface area contributed by atoms with E-state index in [-0.39, 0.29) is 18.0 Å².